The standard InChI is InChI=1S/C24H20ClF2N5O/c25-18-9-17-20(10-21(18)30-12-24(28)3-4-24)31-22(32-23(17)33)5-13-1-2-19(29-11-13)14-6-15(26)8-16(27)7-14/h1-2,6-11,30H,3-5,12,28H2,(H,31,32,33). The SMILES string of the molecule is NC1(CNc2cc3nc(Cc4ccc(-c5cc(F)cc(F)c5)nc4)[nH]c(=O)c3cc2Cl)CC1. The zero-order valence-electron chi connectivity index (χ0n) is 17.5. The molecule has 1 aliphatic carbocycles. The first kappa shape index (κ1) is 21.5. The van der Waals surface area contributed by atoms with Crippen LogP contribution in [0.1, 0.15) is 24.2 Å². The molecular weight excluding hydrogens is 448 g/mol. The van der Waals surface area contributed by atoms with Crippen molar-refractivity contribution in [2.24, 2.45) is 5.73 Å². The molecule has 6 nitrogen and oxygen atoms in total. The second-order valence-electron chi connectivity index (χ2n) is 8.46. The summed E-state index contributed by atoms with van der Waals surface area (Å²) < 4.78 is 27.0. The molecule has 0 radical (unpaired) electrons. The number of aromatic amines is 1. The van der Waals surface area contributed by atoms with Crippen LogP contribution in [0.3, 0.4) is 0 Å². The molecule has 5 rings (SSSR count). The average Bonchev–Trinajstić information content (AvgIpc) is 3.50. The maximum Gasteiger partial charge on any atom is 0.258 e. The third kappa shape index (κ3) is 4.72. The lowest BCUT2D eigenvalue weighted by molar-refractivity contribution is 0.584. The van der Waals surface area contributed by atoms with Gasteiger partial charge in [0, 0.05) is 36.3 Å². The first-order valence-electron chi connectivity index (χ1n) is 10.4. The first-order chi connectivity index (χ1) is 15.8. The highest BCUT2D eigenvalue weighted by Gasteiger charge is 2.37. The summed E-state index contributed by atoms with van der Waals surface area (Å²) in [6, 6.07) is 10.1. The number of aromatic nitrogens is 3. The van der Waals surface area contributed by atoms with E-state index in [-0.39, 0.29) is 11.1 Å². The van der Waals surface area contributed by atoms with E-state index in [0.717, 1.165) is 24.5 Å². The smallest absolute Gasteiger partial charge is 0.258 e. The van der Waals surface area contributed by atoms with Crippen LogP contribution in [0, 0.1) is 11.6 Å². The summed E-state index contributed by atoms with van der Waals surface area (Å²) in [5.41, 5.74) is 8.41. The fourth-order valence-electron chi connectivity index (χ4n) is 3.63. The molecule has 2 aromatic heterocycles. The summed E-state index contributed by atoms with van der Waals surface area (Å²) in [5.74, 6) is -0.868. The van der Waals surface area contributed by atoms with Crippen LogP contribution in [0.4, 0.5) is 14.5 Å². The number of fused-ring (bicyclic) bond motifs is 1. The van der Waals surface area contributed by atoms with E-state index in [2.05, 4.69) is 20.3 Å². The Kier molecular flexibility index (Phi) is 5.34. The summed E-state index contributed by atoms with van der Waals surface area (Å²) in [6.07, 6.45) is 3.85. The van der Waals surface area contributed by atoms with Crippen molar-refractivity contribution in [3.63, 3.8) is 0 Å². The van der Waals surface area contributed by atoms with Gasteiger partial charge in [-0.1, -0.05) is 17.7 Å². The Morgan fingerprint density at radius 3 is 2.55 bits per heavy atom. The van der Waals surface area contributed by atoms with Crippen molar-refractivity contribution in [1.29, 1.82) is 0 Å². The summed E-state index contributed by atoms with van der Waals surface area (Å²) in [6.45, 7) is 0.599. The molecule has 2 heterocycles. The number of nitrogens with two attached hydrogens (primary N) is 1. The quantitative estimate of drug-likeness (QED) is 0.390. The summed E-state index contributed by atoms with van der Waals surface area (Å²) in [5, 5.41) is 4.08. The molecule has 0 unspecified atom stereocenters. The minimum Gasteiger partial charge on any atom is -0.382 e. The fourth-order valence-corrected chi connectivity index (χ4v) is 3.86. The monoisotopic (exact) mass is 467 g/mol. The van der Waals surface area contributed by atoms with Crippen molar-refractivity contribution in [2.45, 2.75) is 24.8 Å². The Hall–Kier alpha value is -3.36. The minimum absolute atomic E-state index is 0.193. The Labute approximate surface area is 192 Å². The van der Waals surface area contributed by atoms with Crippen molar-refractivity contribution in [3.05, 3.63) is 87.1 Å². The van der Waals surface area contributed by atoms with Crippen molar-refractivity contribution in [2.75, 3.05) is 11.9 Å². The molecule has 168 valence electrons. The topological polar surface area (TPSA) is 96.7 Å². The molecule has 2 aromatic carbocycles. The molecule has 0 bridgehead atoms. The third-order valence-corrected chi connectivity index (χ3v) is 6.03. The number of halogens is 3. The van der Waals surface area contributed by atoms with Crippen LogP contribution in [0.25, 0.3) is 22.2 Å². The van der Waals surface area contributed by atoms with Gasteiger partial charge in [-0.25, -0.2) is 13.8 Å². The van der Waals surface area contributed by atoms with Crippen molar-refractivity contribution in [1.82, 2.24) is 15.0 Å². The Balaban J connectivity index is 1.40. The van der Waals surface area contributed by atoms with E-state index in [1.54, 1.807) is 30.5 Å². The summed E-state index contributed by atoms with van der Waals surface area (Å²) in [7, 11) is 0. The van der Waals surface area contributed by atoms with Gasteiger partial charge in [0.1, 0.15) is 17.5 Å². The van der Waals surface area contributed by atoms with Crippen LogP contribution in [0.15, 0.2) is 53.5 Å². The number of rotatable bonds is 6. The molecule has 0 aliphatic heterocycles. The summed E-state index contributed by atoms with van der Waals surface area (Å²) >= 11 is 6.34. The van der Waals surface area contributed by atoms with Crippen molar-refractivity contribution >= 4 is 28.2 Å². The van der Waals surface area contributed by atoms with Gasteiger partial charge < -0.3 is 16.0 Å². The lowest BCUT2D eigenvalue weighted by Gasteiger charge is -2.13. The van der Waals surface area contributed by atoms with Crippen molar-refractivity contribution in [3.8, 4) is 11.3 Å². The van der Waals surface area contributed by atoms with Gasteiger partial charge in [-0.05, 0) is 48.7 Å². The highest BCUT2D eigenvalue weighted by molar-refractivity contribution is 6.34. The zero-order chi connectivity index (χ0) is 23.2. The van der Waals surface area contributed by atoms with E-state index in [0.29, 0.717) is 51.7 Å². The van der Waals surface area contributed by atoms with Crippen LogP contribution in [-0.4, -0.2) is 27.0 Å². The highest BCUT2D eigenvalue weighted by atomic mass is 35.5. The number of H-pyrrole nitrogens is 1. The molecule has 9 heteroatoms. The van der Waals surface area contributed by atoms with Crippen LogP contribution < -0.4 is 16.6 Å². The van der Waals surface area contributed by atoms with Crippen LogP contribution in [0.5, 0.6) is 0 Å². The Bertz CT molecular complexity index is 1400. The number of nitrogens with zero attached hydrogens (tertiary/aromatic N) is 2. The van der Waals surface area contributed by atoms with Gasteiger partial charge in [0.15, 0.2) is 0 Å². The molecule has 0 atom stereocenters. The largest absolute Gasteiger partial charge is 0.382 e. The molecule has 1 fully saturated rings. The van der Waals surface area contributed by atoms with E-state index in [4.69, 9.17) is 17.3 Å². The maximum absolute atomic E-state index is 13.5. The van der Waals surface area contributed by atoms with Gasteiger partial charge in [-0.2, -0.15) is 0 Å². The van der Waals surface area contributed by atoms with Gasteiger partial charge >= 0.3 is 0 Å². The van der Waals surface area contributed by atoms with Gasteiger partial charge in [0.2, 0.25) is 0 Å². The maximum atomic E-state index is 13.5. The third-order valence-electron chi connectivity index (χ3n) is 5.72. The number of pyridine rings is 1. The second kappa shape index (κ2) is 8.20. The molecule has 4 aromatic rings. The molecule has 1 aliphatic rings. The van der Waals surface area contributed by atoms with Crippen LogP contribution >= 0.6 is 11.6 Å². The second-order valence-corrected chi connectivity index (χ2v) is 8.87. The normalized spacial score (nSPS) is 14.4. The molecule has 0 saturated heterocycles. The Morgan fingerprint density at radius 1 is 1.12 bits per heavy atom. The van der Waals surface area contributed by atoms with E-state index in [9.17, 15) is 13.6 Å². The van der Waals surface area contributed by atoms with E-state index in [1.165, 1.54) is 12.1 Å². The number of anilines is 1. The van der Waals surface area contributed by atoms with Crippen LogP contribution in [0.2, 0.25) is 5.02 Å². The van der Waals surface area contributed by atoms with Gasteiger partial charge in [0.05, 0.1) is 27.3 Å². The number of nitrogens with one attached hydrogen (secondary N) is 2. The predicted octanol–water partition coefficient (Wildman–Crippen LogP) is 4.41. The first-order valence-corrected chi connectivity index (χ1v) is 10.8. The highest BCUT2D eigenvalue weighted by Crippen LogP contribution is 2.34. The molecule has 0 amide bonds. The van der Waals surface area contributed by atoms with Crippen LogP contribution in [-0.2, 0) is 6.42 Å². The minimum atomic E-state index is -0.665. The Morgan fingerprint density at radius 2 is 1.88 bits per heavy atom. The van der Waals surface area contributed by atoms with E-state index < -0.39 is 11.6 Å². The fraction of sp³-hybridized carbons (Fsp3) is 0.208. The lowest BCUT2D eigenvalue weighted by Crippen LogP contribution is -2.31. The molecular formula is C24H20ClF2N5O. The predicted molar refractivity (Wildman–Crippen MR) is 124 cm³/mol. The molecule has 0 spiro atoms. The molecule has 33 heavy (non-hydrogen) atoms. The zero-order valence-corrected chi connectivity index (χ0v) is 18.2. The number of hydrogen-bond acceptors (Lipinski definition) is 5. The van der Waals surface area contributed by atoms with Gasteiger partial charge in [0.25, 0.3) is 5.56 Å². The average molecular weight is 468 g/mol. The van der Waals surface area contributed by atoms with Crippen molar-refractivity contribution < 1.29 is 8.78 Å². The van der Waals surface area contributed by atoms with Gasteiger partial charge in [-0.15, -0.1) is 0 Å². The lowest BCUT2D eigenvalue weighted by atomic mass is 10.1. The van der Waals surface area contributed by atoms with Gasteiger partial charge in [-0.3, -0.25) is 9.78 Å². The molecule has 1 saturated carbocycles. The molecule has 4 N–H and O–H groups in total. The van der Waals surface area contributed by atoms with E-state index >= 15 is 0 Å². The number of hydrogen-bond donors (Lipinski definition) is 3. The summed E-state index contributed by atoms with van der Waals surface area (Å²) in [4.78, 5) is 24.3. The number of benzene rings is 2. The van der Waals surface area contributed by atoms with E-state index in [1.807, 2.05) is 0 Å².